The van der Waals surface area contributed by atoms with Gasteiger partial charge in [0.2, 0.25) is 0 Å². The normalized spacial score (nSPS) is 11.1. The number of nitrogens with zero attached hydrogens (tertiary/aromatic N) is 4. The molecule has 0 aliphatic heterocycles. The third-order valence-electron chi connectivity index (χ3n) is 4.34. The topological polar surface area (TPSA) is 70.0 Å². The van der Waals surface area contributed by atoms with Gasteiger partial charge >= 0.3 is 0 Å². The fourth-order valence-corrected chi connectivity index (χ4v) is 4.53. The van der Waals surface area contributed by atoms with Crippen LogP contribution in [0.3, 0.4) is 0 Å². The lowest BCUT2D eigenvalue weighted by molar-refractivity contribution is 0.415. The first kappa shape index (κ1) is 18.8. The van der Waals surface area contributed by atoms with Crippen molar-refractivity contribution in [2.75, 3.05) is 14.2 Å². The third-order valence-corrected chi connectivity index (χ3v) is 6.23. The van der Waals surface area contributed by atoms with Gasteiger partial charge in [-0.15, -0.1) is 0 Å². The van der Waals surface area contributed by atoms with Crippen molar-refractivity contribution in [3.05, 3.63) is 47.8 Å². The van der Waals surface area contributed by atoms with Gasteiger partial charge in [0, 0.05) is 22.2 Å². The number of ether oxygens (including phenoxy) is 2. The number of hydrogen-bond acceptors (Lipinski definition) is 8. The summed E-state index contributed by atoms with van der Waals surface area (Å²) in [5.74, 6) is 1.59. The minimum atomic E-state index is 0.677. The molecule has 8 heteroatoms. The Labute approximate surface area is 170 Å². The molecule has 0 saturated carbocycles. The average molecular weight is 411 g/mol. The van der Waals surface area contributed by atoms with E-state index in [9.17, 15) is 0 Å². The smallest absolute Gasteiger partial charge is 0.199 e. The van der Waals surface area contributed by atoms with Crippen LogP contribution in [0.25, 0.3) is 21.8 Å². The van der Waals surface area contributed by atoms with Crippen LogP contribution in [-0.2, 0) is 0 Å². The van der Waals surface area contributed by atoms with Gasteiger partial charge in [0.15, 0.2) is 10.3 Å². The Morgan fingerprint density at radius 2 is 1.07 bits per heavy atom. The highest BCUT2D eigenvalue weighted by atomic mass is 33.1. The minimum absolute atomic E-state index is 0.677. The van der Waals surface area contributed by atoms with Crippen LogP contribution in [0.15, 0.2) is 46.7 Å². The highest BCUT2D eigenvalue weighted by molar-refractivity contribution is 8.76. The zero-order chi connectivity index (χ0) is 19.7. The molecule has 6 nitrogen and oxygen atoms in total. The SMILES string of the molecule is COc1ccc2nc(SSc3nc(C)c4cc(OC)ccc4n3)nc(C)c2c1. The van der Waals surface area contributed by atoms with E-state index in [0.717, 1.165) is 44.7 Å². The molecular weight excluding hydrogens is 392 g/mol. The molecular formula is C20H18N4O2S2. The molecule has 0 bridgehead atoms. The van der Waals surface area contributed by atoms with Crippen LogP contribution >= 0.6 is 21.6 Å². The van der Waals surface area contributed by atoms with E-state index in [1.807, 2.05) is 50.2 Å². The highest BCUT2D eigenvalue weighted by Gasteiger charge is 2.11. The monoisotopic (exact) mass is 410 g/mol. The van der Waals surface area contributed by atoms with E-state index >= 15 is 0 Å². The number of aromatic nitrogens is 4. The van der Waals surface area contributed by atoms with E-state index in [-0.39, 0.29) is 0 Å². The lowest BCUT2D eigenvalue weighted by atomic mass is 10.2. The number of benzene rings is 2. The fraction of sp³-hybridized carbons (Fsp3) is 0.200. The van der Waals surface area contributed by atoms with Crippen molar-refractivity contribution >= 4 is 43.4 Å². The third kappa shape index (κ3) is 3.70. The summed E-state index contributed by atoms with van der Waals surface area (Å²) in [5, 5.41) is 3.33. The summed E-state index contributed by atoms with van der Waals surface area (Å²) in [7, 11) is 6.21. The second-order valence-electron chi connectivity index (χ2n) is 6.12. The molecule has 142 valence electrons. The molecule has 0 aliphatic rings. The summed E-state index contributed by atoms with van der Waals surface area (Å²) >= 11 is 0. The molecule has 0 spiro atoms. The predicted molar refractivity (Wildman–Crippen MR) is 113 cm³/mol. The number of fused-ring (bicyclic) bond motifs is 2. The summed E-state index contributed by atoms with van der Waals surface area (Å²) in [5.41, 5.74) is 3.60. The fourth-order valence-electron chi connectivity index (χ4n) is 2.87. The van der Waals surface area contributed by atoms with Crippen molar-refractivity contribution in [2.24, 2.45) is 0 Å². The van der Waals surface area contributed by atoms with Gasteiger partial charge in [-0.1, -0.05) is 0 Å². The zero-order valence-electron chi connectivity index (χ0n) is 15.9. The maximum absolute atomic E-state index is 5.28. The van der Waals surface area contributed by atoms with Crippen LogP contribution in [0, 0.1) is 13.8 Å². The van der Waals surface area contributed by atoms with Crippen molar-refractivity contribution in [1.29, 1.82) is 0 Å². The van der Waals surface area contributed by atoms with Gasteiger partial charge in [-0.2, -0.15) is 0 Å². The second-order valence-corrected chi connectivity index (χ2v) is 8.18. The molecule has 0 saturated heterocycles. The van der Waals surface area contributed by atoms with E-state index in [1.165, 1.54) is 21.6 Å². The predicted octanol–water partition coefficient (Wildman–Crippen LogP) is 5.01. The first-order valence-corrected chi connectivity index (χ1v) is 10.7. The lowest BCUT2D eigenvalue weighted by Crippen LogP contribution is -1.94. The summed E-state index contributed by atoms with van der Waals surface area (Å²) in [6.45, 7) is 3.95. The molecule has 2 aromatic carbocycles. The average Bonchev–Trinajstić information content (AvgIpc) is 2.72. The number of rotatable bonds is 5. The van der Waals surface area contributed by atoms with E-state index in [1.54, 1.807) is 14.2 Å². The van der Waals surface area contributed by atoms with Gasteiger partial charge < -0.3 is 9.47 Å². The van der Waals surface area contributed by atoms with Crippen molar-refractivity contribution in [3.63, 3.8) is 0 Å². The lowest BCUT2D eigenvalue weighted by Gasteiger charge is -2.08. The van der Waals surface area contributed by atoms with Crippen molar-refractivity contribution in [3.8, 4) is 11.5 Å². The molecule has 0 fully saturated rings. The van der Waals surface area contributed by atoms with Gasteiger partial charge in [0.05, 0.1) is 25.3 Å². The second kappa shape index (κ2) is 7.81. The Morgan fingerprint density at radius 3 is 1.46 bits per heavy atom. The van der Waals surface area contributed by atoms with Gasteiger partial charge in [0.1, 0.15) is 11.5 Å². The van der Waals surface area contributed by atoms with Crippen LogP contribution in [-0.4, -0.2) is 34.2 Å². The first-order valence-electron chi connectivity index (χ1n) is 8.56. The zero-order valence-corrected chi connectivity index (χ0v) is 17.5. The van der Waals surface area contributed by atoms with Crippen molar-refractivity contribution < 1.29 is 9.47 Å². The van der Waals surface area contributed by atoms with Crippen LogP contribution < -0.4 is 9.47 Å². The Kier molecular flexibility index (Phi) is 5.23. The first-order chi connectivity index (χ1) is 13.6. The van der Waals surface area contributed by atoms with Crippen molar-refractivity contribution in [2.45, 2.75) is 24.2 Å². The molecule has 2 aromatic heterocycles. The Bertz CT molecular complexity index is 1090. The molecule has 0 N–H and O–H groups in total. The van der Waals surface area contributed by atoms with E-state index < -0.39 is 0 Å². The van der Waals surface area contributed by atoms with Gasteiger partial charge in [0.25, 0.3) is 0 Å². The highest BCUT2D eigenvalue weighted by Crippen LogP contribution is 2.36. The molecule has 0 radical (unpaired) electrons. The van der Waals surface area contributed by atoms with Gasteiger partial charge in [-0.05, 0) is 71.8 Å². The molecule has 0 unspecified atom stereocenters. The number of methoxy groups -OCH3 is 2. The maximum Gasteiger partial charge on any atom is 0.199 e. The Hall–Kier alpha value is -2.58. The number of hydrogen-bond donors (Lipinski definition) is 0. The van der Waals surface area contributed by atoms with Gasteiger partial charge in [-0.25, -0.2) is 19.9 Å². The molecule has 2 heterocycles. The summed E-state index contributed by atoms with van der Waals surface area (Å²) in [4.78, 5) is 18.5. The molecule has 28 heavy (non-hydrogen) atoms. The standard InChI is InChI=1S/C20H18N4O2S2/c1-11-15-9-13(25-3)5-7-17(15)23-19(21-11)27-28-20-22-12(2)16-10-14(26-4)6-8-18(16)24-20/h5-10H,1-4H3. The molecule has 4 rings (SSSR count). The van der Waals surface area contributed by atoms with E-state index in [0.29, 0.717) is 10.3 Å². The van der Waals surface area contributed by atoms with Crippen LogP contribution in [0.1, 0.15) is 11.4 Å². The maximum atomic E-state index is 5.28. The van der Waals surface area contributed by atoms with Crippen LogP contribution in [0.4, 0.5) is 0 Å². The summed E-state index contributed by atoms with van der Waals surface area (Å²) in [6, 6.07) is 11.6. The molecule has 0 atom stereocenters. The molecule has 4 aromatic rings. The van der Waals surface area contributed by atoms with Crippen LogP contribution in [0.5, 0.6) is 11.5 Å². The minimum Gasteiger partial charge on any atom is -0.497 e. The summed E-state index contributed by atoms with van der Waals surface area (Å²) < 4.78 is 10.6. The molecule has 0 aliphatic carbocycles. The Balaban J connectivity index is 1.60. The van der Waals surface area contributed by atoms with E-state index in [2.05, 4.69) is 19.9 Å². The molecule has 0 amide bonds. The summed E-state index contributed by atoms with van der Waals surface area (Å²) in [6.07, 6.45) is 0. The Morgan fingerprint density at radius 1 is 0.643 bits per heavy atom. The van der Waals surface area contributed by atoms with E-state index in [4.69, 9.17) is 9.47 Å². The largest absolute Gasteiger partial charge is 0.497 e. The van der Waals surface area contributed by atoms with Crippen molar-refractivity contribution in [1.82, 2.24) is 19.9 Å². The number of aryl methyl sites for hydroxylation is 2. The van der Waals surface area contributed by atoms with Crippen LogP contribution in [0.2, 0.25) is 0 Å². The van der Waals surface area contributed by atoms with Gasteiger partial charge in [-0.3, -0.25) is 0 Å². The quantitative estimate of drug-likeness (QED) is 0.336.